The van der Waals surface area contributed by atoms with Gasteiger partial charge in [0.1, 0.15) is 48.0 Å². The van der Waals surface area contributed by atoms with Gasteiger partial charge in [-0.05, 0) is 75.0 Å². The first-order valence-corrected chi connectivity index (χ1v) is 21.8. The van der Waals surface area contributed by atoms with E-state index in [9.17, 15) is 63.3 Å². The number of carboxylic acids is 1. The lowest BCUT2D eigenvalue weighted by atomic mass is 9.97. The van der Waals surface area contributed by atoms with Crippen LogP contribution in [0.15, 0.2) is 24.3 Å². The molecule has 10 atom stereocenters. The summed E-state index contributed by atoms with van der Waals surface area (Å²) in [4.78, 5) is 129. The Labute approximate surface area is 384 Å². The highest BCUT2D eigenvalue weighted by molar-refractivity contribution is 5.98. The van der Waals surface area contributed by atoms with Crippen LogP contribution in [0.25, 0.3) is 0 Å². The molecule has 1 aromatic rings. The predicted molar refractivity (Wildman–Crippen MR) is 239 cm³/mol. The van der Waals surface area contributed by atoms with Crippen LogP contribution in [0.3, 0.4) is 0 Å². The van der Waals surface area contributed by atoms with Crippen molar-refractivity contribution in [2.24, 2.45) is 35.0 Å². The van der Waals surface area contributed by atoms with Crippen LogP contribution in [-0.2, 0) is 54.4 Å². The molecule has 0 bridgehead atoms. The second-order valence-corrected chi connectivity index (χ2v) is 17.2. The van der Waals surface area contributed by atoms with E-state index in [0.717, 1.165) is 0 Å². The molecule has 16 N–H and O–H groups in total. The molecule has 0 aliphatic heterocycles. The monoisotopic (exact) mass is 935 g/mol. The van der Waals surface area contributed by atoms with Crippen LogP contribution in [0.2, 0.25) is 0 Å². The fourth-order valence-electron chi connectivity index (χ4n) is 6.39. The average molecular weight is 935 g/mol. The normalized spacial score (nSPS) is 15.8. The number of phenols is 1. The summed E-state index contributed by atoms with van der Waals surface area (Å²) in [5.41, 5.74) is 17.2. The standard InChI is InChI=1S/C43H70N10O13/c1-9-22(6)34(42(65)48-28(36(46)59)14-16-31(45)56)52-37(60)23(7)47-41(64)33(21(4)5)51-40(63)30(18-20(2)3)50-39(62)29(15-17-32(57)58)49-43(66)35(24(8)54)53-38(61)27(44)19-25-10-12-26(55)13-11-25/h10-13,20-24,27-30,33-35,54-55H,9,14-19,44H2,1-8H3,(H2,45,56)(H2,46,59)(H,47,64)(H,48,65)(H,49,66)(H,50,62)(H,51,63)(H,52,60)(H,53,61)(H,57,58)/t22-,23-,24+,27-,28-,29-,30-,33-,34-,35-/m0/s1. The van der Waals surface area contributed by atoms with Crippen molar-refractivity contribution in [3.05, 3.63) is 29.8 Å². The van der Waals surface area contributed by atoms with E-state index in [2.05, 4.69) is 37.2 Å². The van der Waals surface area contributed by atoms with Crippen molar-refractivity contribution >= 4 is 59.1 Å². The largest absolute Gasteiger partial charge is 0.508 e. The minimum absolute atomic E-state index is 0.000403. The number of primary amides is 2. The van der Waals surface area contributed by atoms with Crippen molar-refractivity contribution in [2.75, 3.05) is 0 Å². The molecule has 0 radical (unpaired) electrons. The van der Waals surface area contributed by atoms with Crippen LogP contribution in [0.4, 0.5) is 0 Å². The van der Waals surface area contributed by atoms with Gasteiger partial charge in [-0.25, -0.2) is 0 Å². The van der Waals surface area contributed by atoms with Gasteiger partial charge in [0.15, 0.2) is 0 Å². The van der Waals surface area contributed by atoms with Gasteiger partial charge < -0.3 is 69.7 Å². The van der Waals surface area contributed by atoms with Crippen molar-refractivity contribution in [1.29, 1.82) is 0 Å². The lowest BCUT2D eigenvalue weighted by Gasteiger charge is -2.29. The number of carbonyl (C=O) groups is 10. The summed E-state index contributed by atoms with van der Waals surface area (Å²) in [6, 6.07) is -4.92. The highest BCUT2D eigenvalue weighted by Crippen LogP contribution is 2.14. The van der Waals surface area contributed by atoms with E-state index >= 15 is 0 Å². The molecule has 0 spiro atoms. The number of carbonyl (C=O) groups excluding carboxylic acids is 9. The molecule has 1 aromatic carbocycles. The summed E-state index contributed by atoms with van der Waals surface area (Å²) in [6.45, 7) is 12.7. The van der Waals surface area contributed by atoms with E-state index in [1.807, 2.05) is 0 Å². The second-order valence-electron chi connectivity index (χ2n) is 17.2. The van der Waals surface area contributed by atoms with Gasteiger partial charge in [0.2, 0.25) is 53.2 Å². The Kier molecular flexibility index (Phi) is 24.3. The number of hydrogen-bond donors (Lipinski definition) is 13. The fourth-order valence-corrected chi connectivity index (χ4v) is 6.39. The Balaban J connectivity index is 3.22. The number of carboxylic acid groups (broad SMARTS) is 1. The maximum absolute atomic E-state index is 13.9. The van der Waals surface area contributed by atoms with Gasteiger partial charge >= 0.3 is 5.97 Å². The van der Waals surface area contributed by atoms with Crippen molar-refractivity contribution < 1.29 is 63.3 Å². The third-order valence-electron chi connectivity index (χ3n) is 10.5. The molecule has 0 unspecified atom stereocenters. The number of benzene rings is 1. The maximum atomic E-state index is 13.9. The molecule has 23 heteroatoms. The number of nitrogens with two attached hydrogens (primary N) is 3. The number of aromatic hydroxyl groups is 1. The lowest BCUT2D eigenvalue weighted by Crippen LogP contribution is -2.61. The highest BCUT2D eigenvalue weighted by atomic mass is 16.4. The number of nitrogens with one attached hydrogen (secondary N) is 7. The van der Waals surface area contributed by atoms with Gasteiger partial charge in [-0.3, -0.25) is 47.9 Å². The molecule has 0 heterocycles. The summed E-state index contributed by atoms with van der Waals surface area (Å²) in [7, 11) is 0. The number of hydrogen-bond acceptors (Lipinski definition) is 13. The lowest BCUT2D eigenvalue weighted by molar-refractivity contribution is -0.139. The topological polar surface area (TPSA) is 394 Å². The molecule has 0 saturated heterocycles. The van der Waals surface area contributed by atoms with Crippen LogP contribution in [0, 0.1) is 17.8 Å². The second kappa shape index (κ2) is 27.8. The summed E-state index contributed by atoms with van der Waals surface area (Å²) in [6.07, 6.45) is -2.60. The van der Waals surface area contributed by atoms with Gasteiger partial charge in [0.25, 0.3) is 0 Å². The number of amides is 9. The first-order valence-electron chi connectivity index (χ1n) is 21.8. The first-order chi connectivity index (χ1) is 30.7. The Hall–Kier alpha value is -6.36. The molecule has 0 aliphatic carbocycles. The van der Waals surface area contributed by atoms with Crippen molar-refractivity contribution in [3.8, 4) is 5.75 Å². The predicted octanol–water partition coefficient (Wildman–Crippen LogP) is -2.58. The zero-order valence-corrected chi connectivity index (χ0v) is 38.8. The van der Waals surface area contributed by atoms with Crippen LogP contribution < -0.4 is 54.4 Å². The molecule has 9 amide bonds. The number of aliphatic hydroxyl groups is 1. The van der Waals surface area contributed by atoms with Gasteiger partial charge in [-0.15, -0.1) is 0 Å². The van der Waals surface area contributed by atoms with Gasteiger partial charge in [0.05, 0.1) is 12.1 Å². The SMILES string of the molecule is CC[C@H](C)[C@H](NC(=O)[C@H](C)NC(=O)[C@@H](NC(=O)[C@H](CC(C)C)NC(=O)[C@H](CCC(=O)O)NC(=O)[C@@H](NC(=O)[C@@H](N)Cc1ccc(O)cc1)[C@@H](C)O)C(C)C)C(=O)N[C@@H](CCC(N)=O)C(N)=O. The number of rotatable bonds is 29. The van der Waals surface area contributed by atoms with Crippen molar-refractivity contribution in [3.63, 3.8) is 0 Å². The van der Waals surface area contributed by atoms with E-state index < -0.39 is 138 Å². The van der Waals surface area contributed by atoms with Gasteiger partial charge in [-0.1, -0.05) is 60.1 Å². The molecule has 0 aromatic heterocycles. The zero-order chi connectivity index (χ0) is 50.6. The van der Waals surface area contributed by atoms with Crippen molar-refractivity contribution in [1.82, 2.24) is 37.2 Å². The maximum Gasteiger partial charge on any atom is 0.303 e. The smallest absolute Gasteiger partial charge is 0.303 e. The molecule has 66 heavy (non-hydrogen) atoms. The zero-order valence-electron chi connectivity index (χ0n) is 38.8. The highest BCUT2D eigenvalue weighted by Gasteiger charge is 2.36. The van der Waals surface area contributed by atoms with Crippen molar-refractivity contribution in [2.45, 2.75) is 155 Å². The third kappa shape index (κ3) is 20.2. The van der Waals surface area contributed by atoms with Crippen LogP contribution in [0.5, 0.6) is 5.75 Å². The van der Waals surface area contributed by atoms with E-state index in [0.29, 0.717) is 12.0 Å². The van der Waals surface area contributed by atoms with Crippen LogP contribution >= 0.6 is 0 Å². The third-order valence-corrected chi connectivity index (χ3v) is 10.5. The molecular formula is C43H70N10O13. The Bertz CT molecular complexity index is 1860. The van der Waals surface area contributed by atoms with E-state index in [4.69, 9.17) is 17.2 Å². The molecule has 370 valence electrons. The number of aliphatic carboxylic acids is 1. The Morgan fingerprint density at radius 2 is 1.08 bits per heavy atom. The summed E-state index contributed by atoms with van der Waals surface area (Å²) < 4.78 is 0. The summed E-state index contributed by atoms with van der Waals surface area (Å²) >= 11 is 0. The molecular weight excluding hydrogens is 865 g/mol. The molecule has 0 saturated carbocycles. The Morgan fingerprint density at radius 3 is 1.58 bits per heavy atom. The molecule has 1 rings (SSSR count). The first kappa shape index (κ1) is 57.7. The fraction of sp³-hybridized carbons (Fsp3) is 0.628. The van der Waals surface area contributed by atoms with E-state index in [1.54, 1.807) is 53.7 Å². The van der Waals surface area contributed by atoms with E-state index in [1.165, 1.54) is 26.0 Å². The van der Waals surface area contributed by atoms with E-state index in [-0.39, 0.29) is 37.4 Å². The number of phenolic OH excluding ortho intramolecular Hbond substituents is 1. The van der Waals surface area contributed by atoms with Gasteiger partial charge in [0, 0.05) is 12.8 Å². The molecule has 23 nitrogen and oxygen atoms in total. The molecule has 0 aliphatic rings. The van der Waals surface area contributed by atoms with Crippen LogP contribution in [-0.4, -0.2) is 129 Å². The molecule has 0 fully saturated rings. The quantitative estimate of drug-likeness (QED) is 0.0393. The summed E-state index contributed by atoms with van der Waals surface area (Å²) in [5.74, 6) is -10.3. The average Bonchev–Trinajstić information content (AvgIpc) is 3.22. The number of aliphatic hydroxyl groups excluding tert-OH is 1. The summed E-state index contributed by atoms with van der Waals surface area (Å²) in [5, 5.41) is 46.8. The minimum Gasteiger partial charge on any atom is -0.508 e. The minimum atomic E-state index is -1.65. The van der Waals surface area contributed by atoms with Crippen LogP contribution in [0.1, 0.15) is 99.5 Å². The van der Waals surface area contributed by atoms with Gasteiger partial charge in [-0.2, -0.15) is 0 Å². The Morgan fingerprint density at radius 1 is 0.591 bits per heavy atom.